The Hall–Kier alpha value is -1.68. The fraction of sp³-hybridized carbons (Fsp3) is 0.182. The van der Waals surface area contributed by atoms with Crippen LogP contribution in [-0.4, -0.2) is 21.0 Å². The topological polar surface area (TPSA) is 63.1 Å². The third-order valence-corrected chi connectivity index (χ3v) is 2.40. The number of aromatic nitrogens is 2. The van der Waals surface area contributed by atoms with Gasteiger partial charge in [-0.2, -0.15) is 0 Å². The van der Waals surface area contributed by atoms with Crippen molar-refractivity contribution in [1.29, 1.82) is 0 Å². The summed E-state index contributed by atoms with van der Waals surface area (Å²) in [7, 11) is 0. The Morgan fingerprint density at radius 3 is 2.88 bits per heavy atom. The van der Waals surface area contributed by atoms with Gasteiger partial charge < -0.3 is 5.11 Å². The average molecular weight is 237 g/mol. The van der Waals surface area contributed by atoms with Gasteiger partial charge in [-0.1, -0.05) is 11.6 Å². The highest BCUT2D eigenvalue weighted by molar-refractivity contribution is 6.31. The summed E-state index contributed by atoms with van der Waals surface area (Å²) < 4.78 is 0. The molecule has 4 nitrogen and oxygen atoms in total. The number of hydrogen-bond acceptors (Lipinski definition) is 3. The van der Waals surface area contributed by atoms with Gasteiger partial charge in [0.05, 0.1) is 17.6 Å². The molecule has 0 amide bonds. The lowest BCUT2D eigenvalue weighted by molar-refractivity contribution is -0.136. The smallest absolute Gasteiger partial charge is 0.309 e. The summed E-state index contributed by atoms with van der Waals surface area (Å²) in [5.41, 5.74) is 1.20. The van der Waals surface area contributed by atoms with Crippen LogP contribution in [0.3, 0.4) is 0 Å². The van der Waals surface area contributed by atoms with Crippen molar-refractivity contribution in [2.75, 3.05) is 0 Å². The van der Waals surface area contributed by atoms with Gasteiger partial charge in [-0.05, 0) is 25.1 Å². The van der Waals surface area contributed by atoms with Crippen molar-refractivity contribution in [3.63, 3.8) is 0 Å². The van der Waals surface area contributed by atoms with E-state index < -0.39 is 5.97 Å². The number of halogens is 1. The number of rotatable bonds is 2. The maximum Gasteiger partial charge on any atom is 0.309 e. The van der Waals surface area contributed by atoms with Gasteiger partial charge in [0.25, 0.3) is 0 Å². The van der Waals surface area contributed by atoms with E-state index in [1.54, 1.807) is 25.1 Å². The molecular formula is C11H9ClN2O2. The van der Waals surface area contributed by atoms with Crippen molar-refractivity contribution < 1.29 is 9.90 Å². The number of aryl methyl sites for hydroxylation is 1. The average Bonchev–Trinajstić information content (AvgIpc) is 2.15. The molecule has 5 heteroatoms. The molecule has 1 heterocycles. The molecule has 2 rings (SSSR count). The Morgan fingerprint density at radius 2 is 2.19 bits per heavy atom. The maximum atomic E-state index is 10.7. The standard InChI is InChI=1S/C11H9ClN2O2/c1-6-13-9-4-7(12)2-3-8(9)10(14-6)5-11(15)16/h2-4H,5H2,1H3,(H,15,16). The predicted molar refractivity (Wildman–Crippen MR) is 60.6 cm³/mol. The van der Waals surface area contributed by atoms with E-state index in [1.807, 2.05) is 0 Å². The molecule has 0 radical (unpaired) electrons. The van der Waals surface area contributed by atoms with Crippen LogP contribution in [0.1, 0.15) is 11.5 Å². The van der Waals surface area contributed by atoms with E-state index in [4.69, 9.17) is 16.7 Å². The summed E-state index contributed by atoms with van der Waals surface area (Å²) in [4.78, 5) is 19.1. The normalized spacial score (nSPS) is 10.6. The summed E-state index contributed by atoms with van der Waals surface area (Å²) in [5, 5.41) is 10.1. The largest absolute Gasteiger partial charge is 0.481 e. The molecular weight excluding hydrogens is 228 g/mol. The molecule has 0 bridgehead atoms. The van der Waals surface area contributed by atoms with Crippen LogP contribution in [0.15, 0.2) is 18.2 Å². The zero-order valence-electron chi connectivity index (χ0n) is 8.57. The van der Waals surface area contributed by atoms with Crippen LogP contribution in [0.5, 0.6) is 0 Å². The van der Waals surface area contributed by atoms with Gasteiger partial charge in [0, 0.05) is 10.4 Å². The summed E-state index contributed by atoms with van der Waals surface area (Å²) in [6.07, 6.45) is -0.110. The van der Waals surface area contributed by atoms with Gasteiger partial charge in [-0.3, -0.25) is 4.79 Å². The fourth-order valence-electron chi connectivity index (χ4n) is 1.57. The number of carboxylic acids is 1. The molecule has 0 spiro atoms. The molecule has 1 N–H and O–H groups in total. The molecule has 16 heavy (non-hydrogen) atoms. The second-order valence-corrected chi connectivity index (χ2v) is 3.89. The molecule has 0 fully saturated rings. The van der Waals surface area contributed by atoms with E-state index in [9.17, 15) is 4.79 Å². The second kappa shape index (κ2) is 4.06. The molecule has 0 saturated carbocycles. The third-order valence-electron chi connectivity index (χ3n) is 2.17. The number of fused-ring (bicyclic) bond motifs is 1. The number of benzene rings is 1. The Kier molecular flexibility index (Phi) is 2.75. The van der Waals surface area contributed by atoms with Gasteiger partial charge in [0.15, 0.2) is 0 Å². The molecule has 0 atom stereocenters. The minimum Gasteiger partial charge on any atom is -0.481 e. The first-order valence-electron chi connectivity index (χ1n) is 4.71. The minimum absolute atomic E-state index is 0.110. The molecule has 0 unspecified atom stereocenters. The Labute approximate surface area is 96.9 Å². The molecule has 0 aliphatic heterocycles. The minimum atomic E-state index is -0.908. The lowest BCUT2D eigenvalue weighted by Gasteiger charge is -2.04. The lowest BCUT2D eigenvalue weighted by Crippen LogP contribution is -2.05. The summed E-state index contributed by atoms with van der Waals surface area (Å²) >= 11 is 5.85. The number of carbonyl (C=O) groups is 1. The molecule has 2 aromatic rings. The fourth-order valence-corrected chi connectivity index (χ4v) is 1.74. The van der Waals surface area contributed by atoms with Crippen LogP contribution in [0.4, 0.5) is 0 Å². The Bertz CT molecular complexity index is 564. The number of carboxylic acid groups (broad SMARTS) is 1. The molecule has 0 saturated heterocycles. The van der Waals surface area contributed by atoms with Crippen molar-refractivity contribution in [3.05, 3.63) is 34.7 Å². The van der Waals surface area contributed by atoms with Crippen LogP contribution >= 0.6 is 11.6 Å². The van der Waals surface area contributed by atoms with E-state index in [-0.39, 0.29) is 6.42 Å². The van der Waals surface area contributed by atoms with Gasteiger partial charge in [0.1, 0.15) is 5.82 Å². The van der Waals surface area contributed by atoms with Crippen LogP contribution in [0, 0.1) is 6.92 Å². The number of hydrogen-bond donors (Lipinski definition) is 1. The van der Waals surface area contributed by atoms with Crippen molar-refractivity contribution >= 4 is 28.5 Å². The monoisotopic (exact) mass is 236 g/mol. The summed E-state index contributed by atoms with van der Waals surface area (Å²) in [6.45, 7) is 1.73. The van der Waals surface area contributed by atoms with E-state index >= 15 is 0 Å². The van der Waals surface area contributed by atoms with Crippen molar-refractivity contribution in [1.82, 2.24) is 9.97 Å². The van der Waals surface area contributed by atoms with Crippen molar-refractivity contribution in [2.45, 2.75) is 13.3 Å². The second-order valence-electron chi connectivity index (χ2n) is 3.45. The van der Waals surface area contributed by atoms with Crippen LogP contribution in [0.25, 0.3) is 10.9 Å². The van der Waals surface area contributed by atoms with Gasteiger partial charge in [0.2, 0.25) is 0 Å². The first-order chi connectivity index (χ1) is 7.56. The highest BCUT2D eigenvalue weighted by Gasteiger charge is 2.09. The summed E-state index contributed by atoms with van der Waals surface area (Å²) in [5.74, 6) is -0.361. The van der Waals surface area contributed by atoms with Crippen LogP contribution in [-0.2, 0) is 11.2 Å². The maximum absolute atomic E-state index is 10.7. The Morgan fingerprint density at radius 1 is 1.44 bits per heavy atom. The highest BCUT2D eigenvalue weighted by atomic mass is 35.5. The number of aliphatic carboxylic acids is 1. The summed E-state index contributed by atoms with van der Waals surface area (Å²) in [6, 6.07) is 5.15. The van der Waals surface area contributed by atoms with E-state index in [0.717, 1.165) is 5.39 Å². The van der Waals surface area contributed by atoms with Gasteiger partial charge >= 0.3 is 5.97 Å². The predicted octanol–water partition coefficient (Wildman–Crippen LogP) is 2.22. The Balaban J connectivity index is 2.67. The highest BCUT2D eigenvalue weighted by Crippen LogP contribution is 2.20. The first kappa shape index (κ1) is 10.8. The van der Waals surface area contributed by atoms with Crippen molar-refractivity contribution in [3.8, 4) is 0 Å². The van der Waals surface area contributed by atoms with E-state index in [1.165, 1.54) is 0 Å². The number of nitrogens with zero attached hydrogens (tertiary/aromatic N) is 2. The molecule has 0 aliphatic carbocycles. The van der Waals surface area contributed by atoms with Gasteiger partial charge in [-0.15, -0.1) is 0 Å². The van der Waals surface area contributed by atoms with E-state index in [2.05, 4.69) is 9.97 Å². The molecule has 82 valence electrons. The van der Waals surface area contributed by atoms with Crippen molar-refractivity contribution in [2.24, 2.45) is 0 Å². The zero-order chi connectivity index (χ0) is 11.7. The lowest BCUT2D eigenvalue weighted by atomic mass is 10.1. The third kappa shape index (κ3) is 2.12. The zero-order valence-corrected chi connectivity index (χ0v) is 9.32. The molecule has 1 aromatic heterocycles. The SMILES string of the molecule is Cc1nc(CC(=O)O)c2ccc(Cl)cc2n1. The van der Waals surface area contributed by atoms with Gasteiger partial charge in [-0.25, -0.2) is 9.97 Å². The van der Waals surface area contributed by atoms with Crippen LogP contribution in [0.2, 0.25) is 5.02 Å². The first-order valence-corrected chi connectivity index (χ1v) is 5.08. The molecule has 0 aliphatic rings. The molecule has 1 aromatic carbocycles. The van der Waals surface area contributed by atoms with E-state index in [0.29, 0.717) is 22.1 Å². The van der Waals surface area contributed by atoms with Crippen LogP contribution < -0.4 is 0 Å². The quantitative estimate of drug-likeness (QED) is 0.869.